The van der Waals surface area contributed by atoms with Crippen LogP contribution in [0.3, 0.4) is 0 Å². The van der Waals surface area contributed by atoms with Gasteiger partial charge in [-0.1, -0.05) is 24.1 Å². The molecule has 3 atom stereocenters. The van der Waals surface area contributed by atoms with Crippen molar-refractivity contribution in [1.29, 1.82) is 0 Å². The minimum absolute atomic E-state index is 0.165. The molecule has 2 aliphatic rings. The van der Waals surface area contributed by atoms with Crippen LogP contribution >= 0.6 is 0 Å². The van der Waals surface area contributed by atoms with E-state index in [1.807, 2.05) is 6.07 Å². The fourth-order valence-corrected chi connectivity index (χ4v) is 3.60. The highest BCUT2D eigenvalue weighted by molar-refractivity contribution is 5.70. The quantitative estimate of drug-likeness (QED) is 0.874. The molecule has 4 nitrogen and oxygen atoms in total. The van der Waals surface area contributed by atoms with Crippen LogP contribution in [0.4, 0.5) is 0 Å². The lowest BCUT2D eigenvalue weighted by Crippen LogP contribution is -2.35. The number of carboxylic acids is 1. The molecule has 0 aromatic heterocycles. The van der Waals surface area contributed by atoms with Gasteiger partial charge in [0, 0.05) is 13.0 Å². The minimum atomic E-state index is -0.640. The topological polar surface area (TPSA) is 58.6 Å². The Morgan fingerprint density at radius 1 is 1.38 bits per heavy atom. The van der Waals surface area contributed by atoms with Crippen LogP contribution in [0.5, 0.6) is 5.75 Å². The molecular formula is C17H23NO3. The third kappa shape index (κ3) is 3.21. The second-order valence-electron chi connectivity index (χ2n) is 6.35. The molecule has 1 fully saturated rings. The maximum absolute atomic E-state index is 11.2. The van der Waals surface area contributed by atoms with Crippen molar-refractivity contribution >= 4 is 5.97 Å². The number of aliphatic carboxylic acids is 1. The summed E-state index contributed by atoms with van der Waals surface area (Å²) < 4.78 is 5.92. The number of rotatable bonds is 5. The Morgan fingerprint density at radius 2 is 2.24 bits per heavy atom. The first-order valence-corrected chi connectivity index (χ1v) is 7.83. The zero-order valence-corrected chi connectivity index (χ0v) is 12.5. The van der Waals surface area contributed by atoms with Crippen LogP contribution in [0.15, 0.2) is 18.2 Å². The predicted octanol–water partition coefficient (Wildman–Crippen LogP) is 2.39. The highest BCUT2D eigenvalue weighted by Gasteiger charge is 2.32. The molecule has 1 heterocycles. The Labute approximate surface area is 125 Å². The minimum Gasteiger partial charge on any atom is -0.488 e. The van der Waals surface area contributed by atoms with E-state index in [0.29, 0.717) is 0 Å². The maximum atomic E-state index is 11.2. The average molecular weight is 289 g/mol. The van der Waals surface area contributed by atoms with Gasteiger partial charge in [0.25, 0.3) is 0 Å². The van der Waals surface area contributed by atoms with Gasteiger partial charge >= 0.3 is 5.97 Å². The first-order chi connectivity index (χ1) is 10.1. The van der Waals surface area contributed by atoms with E-state index >= 15 is 0 Å². The molecule has 4 heteroatoms. The molecule has 3 rings (SSSR count). The van der Waals surface area contributed by atoms with Crippen LogP contribution in [0.1, 0.15) is 30.4 Å². The fraction of sp³-hybridized carbons (Fsp3) is 0.588. The summed E-state index contributed by atoms with van der Waals surface area (Å²) >= 11 is 0. The fourth-order valence-electron chi connectivity index (χ4n) is 3.60. The van der Waals surface area contributed by atoms with Crippen LogP contribution < -0.4 is 10.1 Å². The van der Waals surface area contributed by atoms with E-state index in [1.54, 1.807) is 0 Å². The predicted molar refractivity (Wildman–Crippen MR) is 80.6 cm³/mol. The third-order valence-corrected chi connectivity index (χ3v) is 4.71. The van der Waals surface area contributed by atoms with Gasteiger partial charge in [0.15, 0.2) is 0 Å². The summed E-state index contributed by atoms with van der Waals surface area (Å²) in [6.07, 6.45) is 4.00. The van der Waals surface area contributed by atoms with Crippen LogP contribution in [-0.4, -0.2) is 30.3 Å². The molecule has 1 saturated carbocycles. The molecule has 21 heavy (non-hydrogen) atoms. The van der Waals surface area contributed by atoms with Gasteiger partial charge in [0.05, 0.1) is 5.92 Å². The Bertz CT molecular complexity index is 529. The zero-order chi connectivity index (χ0) is 14.8. The summed E-state index contributed by atoms with van der Waals surface area (Å²) in [5.74, 6) is 0.464. The van der Waals surface area contributed by atoms with Crippen LogP contribution in [0, 0.1) is 18.8 Å². The molecule has 3 unspecified atom stereocenters. The first-order valence-electron chi connectivity index (χ1n) is 7.83. The van der Waals surface area contributed by atoms with Crippen LogP contribution in [-0.2, 0) is 11.2 Å². The number of hydrogen-bond acceptors (Lipinski definition) is 3. The van der Waals surface area contributed by atoms with Crippen molar-refractivity contribution < 1.29 is 14.6 Å². The van der Waals surface area contributed by atoms with Gasteiger partial charge < -0.3 is 15.2 Å². The molecule has 1 aromatic rings. The molecule has 2 N–H and O–H groups in total. The smallest absolute Gasteiger partial charge is 0.306 e. The molecule has 0 bridgehead atoms. The number of aryl methyl sites for hydroxylation is 1. The van der Waals surface area contributed by atoms with Crippen molar-refractivity contribution in [2.75, 3.05) is 13.1 Å². The Balaban J connectivity index is 1.46. The molecule has 114 valence electrons. The summed E-state index contributed by atoms with van der Waals surface area (Å²) in [4.78, 5) is 11.2. The van der Waals surface area contributed by atoms with E-state index in [0.717, 1.165) is 44.5 Å². The SMILES string of the molecule is Cc1ccc2c(c1)CC(CNCC1CCCC1C(=O)O)O2. The van der Waals surface area contributed by atoms with E-state index in [1.165, 1.54) is 11.1 Å². The summed E-state index contributed by atoms with van der Waals surface area (Å²) in [5.41, 5.74) is 2.55. The highest BCUT2D eigenvalue weighted by Crippen LogP contribution is 2.32. The Morgan fingerprint density at radius 3 is 3.05 bits per heavy atom. The van der Waals surface area contributed by atoms with Crippen LogP contribution in [0.2, 0.25) is 0 Å². The van der Waals surface area contributed by atoms with Crippen molar-refractivity contribution in [2.45, 2.75) is 38.7 Å². The number of nitrogens with one attached hydrogen (secondary N) is 1. The van der Waals surface area contributed by atoms with Gasteiger partial charge in [-0.05, 0) is 43.9 Å². The number of carbonyl (C=O) groups is 1. The number of benzene rings is 1. The lowest BCUT2D eigenvalue weighted by atomic mass is 9.96. The molecule has 0 spiro atoms. The van der Waals surface area contributed by atoms with Gasteiger partial charge in [-0.15, -0.1) is 0 Å². The molecule has 1 aliphatic heterocycles. The summed E-state index contributed by atoms with van der Waals surface area (Å²) in [6, 6.07) is 6.31. The normalized spacial score (nSPS) is 27.4. The largest absolute Gasteiger partial charge is 0.488 e. The number of carboxylic acid groups (broad SMARTS) is 1. The van der Waals surface area contributed by atoms with Gasteiger partial charge in [0.2, 0.25) is 0 Å². The standard InChI is InChI=1S/C17H23NO3/c1-11-5-6-16-13(7-11)8-14(21-16)10-18-9-12-3-2-4-15(12)17(19)20/h5-7,12,14-15,18H,2-4,8-10H2,1H3,(H,19,20). The molecule has 0 saturated heterocycles. The maximum Gasteiger partial charge on any atom is 0.306 e. The lowest BCUT2D eigenvalue weighted by Gasteiger charge is -2.18. The van der Waals surface area contributed by atoms with Crippen LogP contribution in [0.25, 0.3) is 0 Å². The number of hydrogen-bond donors (Lipinski definition) is 2. The molecule has 1 aromatic carbocycles. The Kier molecular flexibility index (Phi) is 4.15. The first kappa shape index (κ1) is 14.4. The second-order valence-corrected chi connectivity index (χ2v) is 6.35. The molecule has 1 aliphatic carbocycles. The van der Waals surface area contributed by atoms with E-state index in [9.17, 15) is 9.90 Å². The van der Waals surface area contributed by atoms with Crippen molar-refractivity contribution in [3.63, 3.8) is 0 Å². The molecule has 0 radical (unpaired) electrons. The van der Waals surface area contributed by atoms with Gasteiger partial charge in [-0.2, -0.15) is 0 Å². The Hall–Kier alpha value is -1.55. The summed E-state index contributed by atoms with van der Waals surface area (Å²) in [7, 11) is 0. The molecule has 0 amide bonds. The van der Waals surface area contributed by atoms with Crippen molar-refractivity contribution in [3.8, 4) is 5.75 Å². The summed E-state index contributed by atoms with van der Waals surface area (Å²) in [5, 5.41) is 12.6. The van der Waals surface area contributed by atoms with Crippen molar-refractivity contribution in [3.05, 3.63) is 29.3 Å². The van der Waals surface area contributed by atoms with Crippen molar-refractivity contribution in [2.24, 2.45) is 11.8 Å². The number of fused-ring (bicyclic) bond motifs is 1. The van der Waals surface area contributed by atoms with Gasteiger partial charge in [-0.3, -0.25) is 4.79 Å². The monoisotopic (exact) mass is 289 g/mol. The zero-order valence-electron chi connectivity index (χ0n) is 12.5. The third-order valence-electron chi connectivity index (χ3n) is 4.71. The summed E-state index contributed by atoms with van der Waals surface area (Å²) in [6.45, 7) is 3.67. The van der Waals surface area contributed by atoms with E-state index < -0.39 is 5.97 Å². The highest BCUT2D eigenvalue weighted by atomic mass is 16.5. The van der Waals surface area contributed by atoms with Gasteiger partial charge in [0.1, 0.15) is 11.9 Å². The molecular weight excluding hydrogens is 266 g/mol. The van der Waals surface area contributed by atoms with E-state index in [4.69, 9.17) is 4.74 Å². The lowest BCUT2D eigenvalue weighted by molar-refractivity contribution is -0.142. The average Bonchev–Trinajstić information content (AvgIpc) is 3.04. The number of ether oxygens (including phenoxy) is 1. The van der Waals surface area contributed by atoms with E-state index in [-0.39, 0.29) is 17.9 Å². The second kappa shape index (κ2) is 6.06. The van der Waals surface area contributed by atoms with E-state index in [2.05, 4.69) is 24.4 Å². The van der Waals surface area contributed by atoms with Crippen molar-refractivity contribution in [1.82, 2.24) is 5.32 Å². The van der Waals surface area contributed by atoms with Gasteiger partial charge in [-0.25, -0.2) is 0 Å².